The number of rotatable bonds is 5. The topological polar surface area (TPSA) is 82.5 Å². The highest BCUT2D eigenvalue weighted by atomic mass is 16.4. The molecule has 1 aliphatic heterocycles. The summed E-state index contributed by atoms with van der Waals surface area (Å²) < 4.78 is 0. The fraction of sp³-hybridized carbons (Fsp3) is 0.500. The average Bonchev–Trinajstić information content (AvgIpc) is 2.48. The van der Waals surface area contributed by atoms with Crippen LogP contribution in [0.2, 0.25) is 0 Å². The Balaban J connectivity index is 1.79. The van der Waals surface area contributed by atoms with E-state index in [4.69, 9.17) is 5.11 Å². The molecular weight excluding hydrogens is 258 g/mol. The molecule has 2 heterocycles. The number of carbonyl (C=O) groups is 2. The van der Waals surface area contributed by atoms with Crippen LogP contribution in [0, 0.1) is 0 Å². The molecule has 108 valence electrons. The Hall–Kier alpha value is -2.11. The van der Waals surface area contributed by atoms with Gasteiger partial charge in [0.25, 0.3) is 0 Å². The fourth-order valence-electron chi connectivity index (χ4n) is 2.27. The molecule has 0 saturated carbocycles. The minimum atomic E-state index is -1.06. The van der Waals surface area contributed by atoms with E-state index in [9.17, 15) is 9.59 Å². The number of aromatic nitrogens is 1. The maximum absolute atomic E-state index is 11.9. The first-order chi connectivity index (χ1) is 9.66. The molecule has 0 bridgehead atoms. The van der Waals surface area contributed by atoms with Gasteiger partial charge in [0.05, 0.1) is 0 Å². The van der Waals surface area contributed by atoms with Crippen molar-refractivity contribution in [3.05, 3.63) is 24.0 Å². The zero-order valence-electron chi connectivity index (χ0n) is 11.3. The minimum Gasteiger partial charge on any atom is -0.477 e. The molecule has 6 nitrogen and oxygen atoms in total. The summed E-state index contributed by atoms with van der Waals surface area (Å²) >= 11 is 0. The molecule has 2 rings (SSSR count). The van der Waals surface area contributed by atoms with Crippen molar-refractivity contribution in [2.75, 3.05) is 25.0 Å². The Bertz CT molecular complexity index is 484. The lowest BCUT2D eigenvalue weighted by Crippen LogP contribution is -2.36. The summed E-state index contributed by atoms with van der Waals surface area (Å²) in [5, 5.41) is 11.9. The first-order valence-electron chi connectivity index (χ1n) is 6.88. The summed E-state index contributed by atoms with van der Waals surface area (Å²) in [6.07, 6.45) is 5.25. The summed E-state index contributed by atoms with van der Waals surface area (Å²) in [6.45, 7) is 2.22. The van der Waals surface area contributed by atoms with Crippen LogP contribution < -0.4 is 5.32 Å². The van der Waals surface area contributed by atoms with Crippen molar-refractivity contribution >= 4 is 17.6 Å². The largest absolute Gasteiger partial charge is 0.477 e. The van der Waals surface area contributed by atoms with Crippen molar-refractivity contribution < 1.29 is 14.7 Å². The zero-order chi connectivity index (χ0) is 14.4. The molecule has 1 aliphatic rings. The standard InChI is InChI=1S/C14H19N3O3/c18-13(17-8-2-1-3-9-17)5-7-15-11-4-6-16-12(10-11)14(19)20/h4,6,10H,1-3,5,7-9H2,(H,15,16)(H,19,20). The molecule has 0 spiro atoms. The van der Waals surface area contributed by atoms with Crippen LogP contribution in [0.25, 0.3) is 0 Å². The molecule has 1 aromatic rings. The van der Waals surface area contributed by atoms with Crippen molar-refractivity contribution in [3.63, 3.8) is 0 Å². The number of aromatic carboxylic acids is 1. The molecule has 1 fully saturated rings. The van der Waals surface area contributed by atoms with Crippen molar-refractivity contribution in [3.8, 4) is 0 Å². The number of nitrogens with one attached hydrogen (secondary N) is 1. The minimum absolute atomic E-state index is 0.00245. The van der Waals surface area contributed by atoms with Crippen LogP contribution in [-0.2, 0) is 4.79 Å². The first-order valence-corrected chi connectivity index (χ1v) is 6.88. The van der Waals surface area contributed by atoms with Gasteiger partial charge < -0.3 is 15.3 Å². The van der Waals surface area contributed by atoms with Gasteiger partial charge in [-0.3, -0.25) is 4.79 Å². The van der Waals surface area contributed by atoms with E-state index < -0.39 is 5.97 Å². The van der Waals surface area contributed by atoms with Crippen LogP contribution in [0.1, 0.15) is 36.2 Å². The smallest absolute Gasteiger partial charge is 0.354 e. The highest BCUT2D eigenvalue weighted by Gasteiger charge is 2.15. The summed E-state index contributed by atoms with van der Waals surface area (Å²) in [5.41, 5.74) is 0.668. The first kappa shape index (κ1) is 14.3. The molecule has 0 aromatic carbocycles. The lowest BCUT2D eigenvalue weighted by Gasteiger charge is -2.26. The third-order valence-electron chi connectivity index (χ3n) is 3.36. The number of carboxylic acid groups (broad SMARTS) is 1. The van der Waals surface area contributed by atoms with Crippen molar-refractivity contribution in [1.82, 2.24) is 9.88 Å². The molecule has 20 heavy (non-hydrogen) atoms. The van der Waals surface area contributed by atoms with E-state index in [1.54, 1.807) is 6.07 Å². The van der Waals surface area contributed by atoms with Gasteiger partial charge in [-0.05, 0) is 31.4 Å². The molecule has 0 atom stereocenters. The van der Waals surface area contributed by atoms with E-state index >= 15 is 0 Å². The summed E-state index contributed by atoms with van der Waals surface area (Å²) in [6, 6.07) is 3.16. The van der Waals surface area contributed by atoms with Gasteiger partial charge in [-0.15, -0.1) is 0 Å². The molecular formula is C14H19N3O3. The molecule has 0 unspecified atom stereocenters. The van der Waals surface area contributed by atoms with E-state index in [1.807, 2.05) is 4.90 Å². The maximum Gasteiger partial charge on any atom is 0.354 e. The van der Waals surface area contributed by atoms with Crippen molar-refractivity contribution in [2.45, 2.75) is 25.7 Å². The number of hydrogen-bond donors (Lipinski definition) is 2. The highest BCUT2D eigenvalue weighted by Crippen LogP contribution is 2.11. The van der Waals surface area contributed by atoms with E-state index in [0.717, 1.165) is 25.9 Å². The normalized spacial score (nSPS) is 14.9. The highest BCUT2D eigenvalue weighted by molar-refractivity contribution is 5.86. The second-order valence-electron chi connectivity index (χ2n) is 4.85. The van der Waals surface area contributed by atoms with Crippen molar-refractivity contribution in [2.24, 2.45) is 0 Å². The van der Waals surface area contributed by atoms with Gasteiger partial charge in [0.1, 0.15) is 5.69 Å². The lowest BCUT2D eigenvalue weighted by atomic mass is 10.1. The number of likely N-dealkylation sites (tertiary alicyclic amines) is 1. The third-order valence-corrected chi connectivity index (χ3v) is 3.36. The van der Waals surface area contributed by atoms with Crippen LogP contribution >= 0.6 is 0 Å². The van der Waals surface area contributed by atoms with Gasteiger partial charge in [0.15, 0.2) is 0 Å². The fourth-order valence-corrected chi connectivity index (χ4v) is 2.27. The van der Waals surface area contributed by atoms with Gasteiger partial charge in [0.2, 0.25) is 5.91 Å². The predicted octanol–water partition coefficient (Wildman–Crippen LogP) is 1.59. The van der Waals surface area contributed by atoms with Gasteiger partial charge in [-0.2, -0.15) is 0 Å². The second kappa shape index (κ2) is 6.88. The summed E-state index contributed by atoms with van der Waals surface area (Å²) in [7, 11) is 0. The van der Waals surface area contributed by atoms with Crippen LogP contribution in [0.3, 0.4) is 0 Å². The van der Waals surface area contributed by atoms with Crippen LogP contribution in [-0.4, -0.2) is 46.5 Å². The molecule has 1 saturated heterocycles. The van der Waals surface area contributed by atoms with Crippen LogP contribution in [0.15, 0.2) is 18.3 Å². The van der Waals surface area contributed by atoms with Crippen LogP contribution in [0.4, 0.5) is 5.69 Å². The number of hydrogen-bond acceptors (Lipinski definition) is 4. The number of pyridine rings is 1. The van der Waals surface area contributed by atoms with Gasteiger partial charge in [-0.25, -0.2) is 9.78 Å². The number of anilines is 1. The maximum atomic E-state index is 11.9. The number of nitrogens with zero attached hydrogens (tertiary/aromatic N) is 2. The SMILES string of the molecule is O=C(O)c1cc(NCCC(=O)N2CCCCC2)ccn1. The van der Waals surface area contributed by atoms with E-state index in [1.165, 1.54) is 18.7 Å². The Morgan fingerprint density at radius 1 is 1.30 bits per heavy atom. The molecule has 2 N–H and O–H groups in total. The molecule has 0 radical (unpaired) electrons. The quantitative estimate of drug-likeness (QED) is 0.854. The average molecular weight is 277 g/mol. The van der Waals surface area contributed by atoms with Crippen LogP contribution in [0.5, 0.6) is 0 Å². The predicted molar refractivity (Wildman–Crippen MR) is 74.7 cm³/mol. The van der Waals surface area contributed by atoms with Gasteiger partial charge in [0, 0.05) is 37.9 Å². The van der Waals surface area contributed by atoms with E-state index in [0.29, 0.717) is 18.7 Å². The number of carboxylic acids is 1. The Labute approximate surface area is 117 Å². The van der Waals surface area contributed by atoms with Gasteiger partial charge >= 0.3 is 5.97 Å². The zero-order valence-corrected chi connectivity index (χ0v) is 11.3. The van der Waals surface area contributed by atoms with E-state index in [-0.39, 0.29) is 11.6 Å². The van der Waals surface area contributed by atoms with Gasteiger partial charge in [-0.1, -0.05) is 0 Å². The second-order valence-corrected chi connectivity index (χ2v) is 4.85. The molecule has 1 amide bonds. The van der Waals surface area contributed by atoms with E-state index in [2.05, 4.69) is 10.3 Å². The third kappa shape index (κ3) is 3.94. The number of amides is 1. The molecule has 6 heteroatoms. The Morgan fingerprint density at radius 2 is 2.05 bits per heavy atom. The number of carbonyl (C=O) groups excluding carboxylic acids is 1. The van der Waals surface area contributed by atoms with Crippen molar-refractivity contribution in [1.29, 1.82) is 0 Å². The Morgan fingerprint density at radius 3 is 2.75 bits per heavy atom. The Kier molecular flexibility index (Phi) is 4.92. The number of piperidine rings is 1. The summed E-state index contributed by atoms with van der Waals surface area (Å²) in [5.74, 6) is -0.900. The molecule has 0 aliphatic carbocycles. The molecule has 1 aromatic heterocycles. The monoisotopic (exact) mass is 277 g/mol. The lowest BCUT2D eigenvalue weighted by molar-refractivity contribution is -0.131. The summed E-state index contributed by atoms with van der Waals surface area (Å²) in [4.78, 5) is 28.4.